The Labute approximate surface area is 200 Å². The van der Waals surface area contributed by atoms with Gasteiger partial charge in [-0.25, -0.2) is 15.0 Å². The average Bonchev–Trinajstić information content (AvgIpc) is 3.16. The van der Waals surface area contributed by atoms with Crippen LogP contribution in [-0.4, -0.2) is 50.6 Å². The van der Waals surface area contributed by atoms with Gasteiger partial charge in [0, 0.05) is 29.4 Å². The fraction of sp³-hybridized carbons (Fsp3) is 0.217. The second-order valence-corrected chi connectivity index (χ2v) is 8.77. The quantitative estimate of drug-likeness (QED) is 0.437. The minimum Gasteiger partial charge on any atom is -0.368 e. The van der Waals surface area contributed by atoms with Crippen molar-refractivity contribution in [1.29, 1.82) is 0 Å². The third kappa shape index (κ3) is 3.60. The molecular formula is C23H21Cl2N7O. The Hall–Kier alpha value is -3.20. The molecule has 0 bridgehead atoms. The summed E-state index contributed by atoms with van der Waals surface area (Å²) >= 11 is 12.7. The maximum absolute atomic E-state index is 12.1. The molecule has 1 aliphatic rings. The van der Waals surface area contributed by atoms with Crippen LogP contribution < -0.4 is 16.0 Å². The highest BCUT2D eigenvalue weighted by atomic mass is 35.5. The Kier molecular flexibility index (Phi) is 5.44. The Balaban J connectivity index is 1.68. The van der Waals surface area contributed by atoms with Gasteiger partial charge in [-0.3, -0.25) is 9.36 Å². The van der Waals surface area contributed by atoms with Crippen molar-refractivity contribution in [3.05, 3.63) is 64.9 Å². The molecule has 0 aliphatic carbocycles. The van der Waals surface area contributed by atoms with E-state index in [-0.39, 0.29) is 5.91 Å². The molecule has 1 saturated heterocycles. The van der Waals surface area contributed by atoms with Crippen molar-refractivity contribution in [3.63, 3.8) is 0 Å². The van der Waals surface area contributed by atoms with E-state index in [2.05, 4.69) is 15.3 Å². The summed E-state index contributed by atoms with van der Waals surface area (Å²) < 4.78 is 1.93. The van der Waals surface area contributed by atoms with Crippen LogP contribution in [0.25, 0.3) is 28.2 Å². The summed E-state index contributed by atoms with van der Waals surface area (Å²) in [5.74, 6) is 0.887. The zero-order chi connectivity index (χ0) is 23.2. The number of imidazole rings is 1. The number of halogens is 2. The van der Waals surface area contributed by atoms with E-state index in [9.17, 15) is 4.79 Å². The zero-order valence-corrected chi connectivity index (χ0v) is 19.3. The Bertz CT molecular complexity index is 1350. The number of rotatable bonds is 6. The summed E-state index contributed by atoms with van der Waals surface area (Å²) in [5, 5.41) is 4.41. The molecule has 0 atom stereocenters. The fourth-order valence-corrected chi connectivity index (χ4v) is 4.56. The highest BCUT2D eigenvalue weighted by molar-refractivity contribution is 6.33. The van der Waals surface area contributed by atoms with Crippen molar-refractivity contribution < 1.29 is 4.79 Å². The normalized spacial score (nSPS) is 14.9. The standard InChI is InChI=1S/C23H21Cl2N7O/c1-2-29-23(22(26)33)11-31(12-23)20-18-21(28-13-27-20)32(15-9-7-14(24)8-10-15)19(30-18)16-5-3-4-6-17(16)25/h3-10,13,29H,2,11-12H2,1H3,(H2,26,33). The van der Waals surface area contributed by atoms with E-state index in [1.165, 1.54) is 6.33 Å². The number of carbonyl (C=O) groups excluding carboxylic acids is 1. The first kappa shape index (κ1) is 21.6. The number of likely N-dealkylation sites (N-methyl/N-ethyl adjacent to an activating group) is 1. The first-order chi connectivity index (χ1) is 15.9. The number of nitrogens with two attached hydrogens (primary N) is 1. The summed E-state index contributed by atoms with van der Waals surface area (Å²) in [7, 11) is 0. The molecule has 3 heterocycles. The maximum Gasteiger partial charge on any atom is 0.241 e. The first-order valence-electron chi connectivity index (χ1n) is 10.5. The summed E-state index contributed by atoms with van der Waals surface area (Å²) in [4.78, 5) is 28.0. The van der Waals surface area contributed by atoms with Gasteiger partial charge in [0.05, 0.1) is 5.02 Å². The lowest BCUT2D eigenvalue weighted by atomic mass is 9.88. The fourth-order valence-electron chi connectivity index (χ4n) is 4.22. The summed E-state index contributed by atoms with van der Waals surface area (Å²) in [6, 6.07) is 14.9. The Morgan fingerprint density at radius 1 is 1.12 bits per heavy atom. The van der Waals surface area contributed by atoms with E-state index in [0.29, 0.717) is 52.5 Å². The number of aromatic nitrogens is 4. The molecule has 0 saturated carbocycles. The van der Waals surface area contributed by atoms with Crippen molar-refractivity contribution in [2.45, 2.75) is 12.5 Å². The molecule has 0 unspecified atom stereocenters. The predicted octanol–water partition coefficient (Wildman–Crippen LogP) is 3.44. The number of hydrogen-bond acceptors (Lipinski definition) is 6. The second-order valence-electron chi connectivity index (χ2n) is 7.93. The van der Waals surface area contributed by atoms with Gasteiger partial charge in [-0.05, 0) is 42.9 Å². The van der Waals surface area contributed by atoms with Crippen LogP contribution in [-0.2, 0) is 4.79 Å². The molecule has 33 heavy (non-hydrogen) atoms. The SMILES string of the molecule is CCNC1(C(N)=O)CN(c2ncnc3c2nc(-c2ccccc2Cl)n3-c2ccc(Cl)cc2)C1. The molecule has 1 aliphatic heterocycles. The first-order valence-corrected chi connectivity index (χ1v) is 11.2. The van der Waals surface area contributed by atoms with Crippen LogP contribution in [0.3, 0.4) is 0 Å². The third-order valence-electron chi connectivity index (χ3n) is 5.83. The summed E-state index contributed by atoms with van der Waals surface area (Å²) in [6.45, 7) is 3.38. The minimum absolute atomic E-state index is 0.380. The Morgan fingerprint density at radius 2 is 1.85 bits per heavy atom. The number of nitrogens with zero attached hydrogens (tertiary/aromatic N) is 5. The van der Waals surface area contributed by atoms with Gasteiger partial charge in [0.1, 0.15) is 17.7 Å². The van der Waals surface area contributed by atoms with Gasteiger partial charge in [-0.1, -0.05) is 42.3 Å². The summed E-state index contributed by atoms with van der Waals surface area (Å²) in [5.41, 5.74) is 7.73. The van der Waals surface area contributed by atoms with E-state index in [4.69, 9.17) is 33.9 Å². The monoisotopic (exact) mass is 481 g/mol. The summed E-state index contributed by atoms with van der Waals surface area (Å²) in [6.07, 6.45) is 1.50. The average molecular weight is 482 g/mol. The highest BCUT2D eigenvalue weighted by Crippen LogP contribution is 2.36. The molecule has 10 heteroatoms. The molecule has 5 rings (SSSR count). The number of hydrogen-bond donors (Lipinski definition) is 2. The molecule has 0 radical (unpaired) electrons. The lowest BCUT2D eigenvalue weighted by Gasteiger charge is -2.48. The third-order valence-corrected chi connectivity index (χ3v) is 6.41. The number of carbonyl (C=O) groups is 1. The van der Waals surface area contributed by atoms with Gasteiger partial charge < -0.3 is 16.0 Å². The van der Waals surface area contributed by atoms with Gasteiger partial charge in [0.25, 0.3) is 0 Å². The number of anilines is 1. The molecule has 3 N–H and O–H groups in total. The maximum atomic E-state index is 12.1. The predicted molar refractivity (Wildman–Crippen MR) is 130 cm³/mol. The molecule has 1 amide bonds. The molecule has 8 nitrogen and oxygen atoms in total. The minimum atomic E-state index is -0.781. The largest absolute Gasteiger partial charge is 0.368 e. The van der Waals surface area contributed by atoms with Crippen LogP contribution >= 0.6 is 23.2 Å². The molecule has 2 aromatic heterocycles. The molecule has 0 spiro atoms. The topological polar surface area (TPSA) is 102 Å². The molecule has 168 valence electrons. The smallest absolute Gasteiger partial charge is 0.241 e. The van der Waals surface area contributed by atoms with Crippen molar-refractivity contribution in [1.82, 2.24) is 24.8 Å². The van der Waals surface area contributed by atoms with Crippen LogP contribution in [0, 0.1) is 0 Å². The van der Waals surface area contributed by atoms with E-state index >= 15 is 0 Å². The highest BCUT2D eigenvalue weighted by Gasteiger charge is 2.48. The molecular weight excluding hydrogens is 461 g/mol. The van der Waals surface area contributed by atoms with Crippen molar-refractivity contribution in [2.75, 3.05) is 24.5 Å². The second kappa shape index (κ2) is 8.30. The van der Waals surface area contributed by atoms with E-state index in [1.54, 1.807) is 0 Å². The number of fused-ring (bicyclic) bond motifs is 1. The van der Waals surface area contributed by atoms with E-state index < -0.39 is 5.54 Å². The Morgan fingerprint density at radius 3 is 2.52 bits per heavy atom. The van der Waals surface area contributed by atoms with Crippen molar-refractivity contribution in [3.8, 4) is 17.1 Å². The number of nitrogens with one attached hydrogen (secondary N) is 1. The lowest BCUT2D eigenvalue weighted by molar-refractivity contribution is -0.125. The van der Waals surface area contributed by atoms with E-state index in [1.807, 2.05) is 64.9 Å². The number of primary amides is 1. The van der Waals surface area contributed by atoms with Crippen molar-refractivity contribution >= 4 is 46.1 Å². The number of amides is 1. The van der Waals surface area contributed by atoms with E-state index in [0.717, 1.165) is 11.3 Å². The van der Waals surface area contributed by atoms with Crippen molar-refractivity contribution in [2.24, 2.45) is 5.73 Å². The van der Waals surface area contributed by atoms with Gasteiger partial charge in [0.15, 0.2) is 17.0 Å². The van der Waals surface area contributed by atoms with Gasteiger partial charge in [0.2, 0.25) is 5.91 Å². The van der Waals surface area contributed by atoms with Crippen LogP contribution in [0.1, 0.15) is 6.92 Å². The lowest BCUT2D eigenvalue weighted by Crippen LogP contribution is -2.75. The van der Waals surface area contributed by atoms with Crippen LogP contribution in [0.5, 0.6) is 0 Å². The van der Waals surface area contributed by atoms with Crippen LogP contribution in [0.4, 0.5) is 5.82 Å². The van der Waals surface area contributed by atoms with Crippen LogP contribution in [0.15, 0.2) is 54.9 Å². The molecule has 4 aromatic rings. The zero-order valence-electron chi connectivity index (χ0n) is 17.8. The van der Waals surface area contributed by atoms with Gasteiger partial charge >= 0.3 is 0 Å². The van der Waals surface area contributed by atoms with Crippen LogP contribution in [0.2, 0.25) is 10.0 Å². The van der Waals surface area contributed by atoms with Gasteiger partial charge in [-0.15, -0.1) is 0 Å². The molecule has 1 fully saturated rings. The molecule has 2 aromatic carbocycles. The number of benzene rings is 2. The van der Waals surface area contributed by atoms with Gasteiger partial charge in [-0.2, -0.15) is 0 Å².